The highest BCUT2D eigenvalue weighted by molar-refractivity contribution is 9.10. The highest BCUT2D eigenvalue weighted by Gasteiger charge is 2.34. The van der Waals surface area contributed by atoms with Crippen molar-refractivity contribution >= 4 is 39.6 Å². The summed E-state index contributed by atoms with van der Waals surface area (Å²) < 4.78 is 6.25. The van der Waals surface area contributed by atoms with E-state index in [9.17, 15) is 14.7 Å². The van der Waals surface area contributed by atoms with E-state index in [4.69, 9.17) is 16.3 Å². The van der Waals surface area contributed by atoms with E-state index in [-0.39, 0.29) is 19.1 Å². The van der Waals surface area contributed by atoms with Crippen LogP contribution in [-0.4, -0.2) is 35.2 Å². The summed E-state index contributed by atoms with van der Waals surface area (Å²) in [5, 5.41) is 10.3. The van der Waals surface area contributed by atoms with E-state index in [0.29, 0.717) is 15.1 Å². The van der Waals surface area contributed by atoms with Crippen molar-refractivity contribution < 1.29 is 19.4 Å². The second-order valence-corrected chi connectivity index (χ2v) is 8.79. The van der Waals surface area contributed by atoms with Gasteiger partial charge in [-0.2, -0.15) is 0 Å². The predicted molar refractivity (Wildman–Crippen MR) is 127 cm³/mol. The Morgan fingerprint density at radius 2 is 1.66 bits per heavy atom. The summed E-state index contributed by atoms with van der Waals surface area (Å²) in [5.41, 5.74) is 4.83. The molecule has 3 aromatic carbocycles. The SMILES string of the molecule is CCN(C(=O)OCC1c2ccccc2-c2ccccc21)C(C(=O)O)c1cc(Cl)ccc1Br. The van der Waals surface area contributed by atoms with E-state index >= 15 is 0 Å². The van der Waals surface area contributed by atoms with Gasteiger partial charge in [-0.15, -0.1) is 0 Å². The third-order valence-corrected chi connectivity index (χ3v) is 6.67. The molecule has 164 valence electrons. The number of amides is 1. The van der Waals surface area contributed by atoms with Gasteiger partial charge in [-0.3, -0.25) is 4.90 Å². The number of rotatable bonds is 6. The summed E-state index contributed by atoms with van der Waals surface area (Å²) in [6.07, 6.45) is -0.686. The van der Waals surface area contributed by atoms with Crippen molar-refractivity contribution in [3.05, 3.63) is 92.9 Å². The first-order chi connectivity index (χ1) is 15.4. The molecule has 0 saturated heterocycles. The van der Waals surface area contributed by atoms with Crippen LogP contribution in [0.15, 0.2) is 71.2 Å². The Labute approximate surface area is 199 Å². The van der Waals surface area contributed by atoms with Crippen LogP contribution in [0.5, 0.6) is 0 Å². The third-order valence-electron chi connectivity index (χ3n) is 5.71. The van der Waals surface area contributed by atoms with Crippen molar-refractivity contribution in [1.82, 2.24) is 4.90 Å². The lowest BCUT2D eigenvalue weighted by Crippen LogP contribution is -2.40. The molecule has 1 unspecified atom stereocenters. The lowest BCUT2D eigenvalue weighted by atomic mass is 9.98. The molecule has 1 aliphatic carbocycles. The monoisotopic (exact) mass is 513 g/mol. The highest BCUT2D eigenvalue weighted by Crippen LogP contribution is 2.44. The molecule has 0 spiro atoms. The van der Waals surface area contributed by atoms with Crippen LogP contribution in [0.4, 0.5) is 4.79 Å². The van der Waals surface area contributed by atoms with Crippen LogP contribution in [0, 0.1) is 0 Å². The van der Waals surface area contributed by atoms with Crippen molar-refractivity contribution in [3.8, 4) is 11.1 Å². The maximum Gasteiger partial charge on any atom is 0.410 e. The zero-order chi connectivity index (χ0) is 22.8. The van der Waals surface area contributed by atoms with Crippen molar-refractivity contribution in [2.45, 2.75) is 18.9 Å². The van der Waals surface area contributed by atoms with Crippen LogP contribution in [0.25, 0.3) is 11.1 Å². The number of carbonyl (C=O) groups excluding carboxylic acids is 1. The molecule has 0 radical (unpaired) electrons. The largest absolute Gasteiger partial charge is 0.479 e. The topological polar surface area (TPSA) is 66.8 Å². The fourth-order valence-corrected chi connectivity index (χ4v) is 4.90. The van der Waals surface area contributed by atoms with Gasteiger partial charge < -0.3 is 9.84 Å². The number of benzene rings is 3. The third kappa shape index (κ3) is 4.12. The fraction of sp³-hybridized carbons (Fsp3) is 0.200. The first-order valence-electron chi connectivity index (χ1n) is 10.2. The molecule has 1 N–H and O–H groups in total. The maximum atomic E-state index is 13.1. The lowest BCUT2D eigenvalue weighted by molar-refractivity contribution is -0.143. The van der Waals surface area contributed by atoms with Crippen molar-refractivity contribution in [2.75, 3.05) is 13.2 Å². The molecule has 5 nitrogen and oxygen atoms in total. The number of likely N-dealkylation sites (N-methyl/N-ethyl adjacent to an activating group) is 1. The number of carboxylic acids is 1. The zero-order valence-corrected chi connectivity index (χ0v) is 19.6. The molecular formula is C25H21BrClNO4. The van der Waals surface area contributed by atoms with Gasteiger partial charge in [0.15, 0.2) is 6.04 Å². The molecule has 0 bridgehead atoms. The standard InChI is InChI=1S/C25H21BrClNO4/c1-2-28(23(24(29)30)20-13-15(27)11-12-22(20)26)25(31)32-14-21-18-9-5-3-7-16(18)17-8-4-6-10-19(17)21/h3-13,21,23H,2,14H2,1H3,(H,29,30). The molecule has 0 heterocycles. The Kier molecular flexibility index (Phi) is 6.53. The molecule has 1 aliphatic rings. The van der Waals surface area contributed by atoms with Crippen LogP contribution in [0.1, 0.15) is 35.6 Å². The van der Waals surface area contributed by atoms with Crippen LogP contribution >= 0.6 is 27.5 Å². The molecular weight excluding hydrogens is 494 g/mol. The minimum atomic E-state index is -1.23. The van der Waals surface area contributed by atoms with E-state index in [1.54, 1.807) is 25.1 Å². The van der Waals surface area contributed by atoms with Gasteiger partial charge in [-0.25, -0.2) is 9.59 Å². The Balaban J connectivity index is 1.59. The van der Waals surface area contributed by atoms with E-state index < -0.39 is 18.1 Å². The molecule has 7 heteroatoms. The van der Waals surface area contributed by atoms with E-state index in [2.05, 4.69) is 28.1 Å². The second kappa shape index (κ2) is 9.35. The van der Waals surface area contributed by atoms with Gasteiger partial charge >= 0.3 is 12.1 Å². The van der Waals surface area contributed by atoms with Crippen LogP contribution in [0.2, 0.25) is 5.02 Å². The van der Waals surface area contributed by atoms with Crippen LogP contribution < -0.4 is 0 Å². The van der Waals surface area contributed by atoms with E-state index in [0.717, 1.165) is 22.3 Å². The molecule has 4 rings (SSSR count). The predicted octanol–water partition coefficient (Wildman–Crippen LogP) is 6.50. The van der Waals surface area contributed by atoms with Gasteiger partial charge in [-0.1, -0.05) is 76.1 Å². The minimum absolute atomic E-state index is 0.105. The normalized spacial score (nSPS) is 13.2. The van der Waals surface area contributed by atoms with Gasteiger partial charge in [0.1, 0.15) is 6.61 Å². The first kappa shape index (κ1) is 22.4. The quantitative estimate of drug-likeness (QED) is 0.408. The lowest BCUT2D eigenvalue weighted by Gasteiger charge is -2.28. The minimum Gasteiger partial charge on any atom is -0.479 e. The van der Waals surface area contributed by atoms with Crippen molar-refractivity contribution in [1.29, 1.82) is 0 Å². The summed E-state index contributed by atoms with van der Waals surface area (Å²) in [7, 11) is 0. The molecule has 3 aromatic rings. The number of carboxylic acid groups (broad SMARTS) is 1. The average molecular weight is 515 g/mol. The van der Waals surface area contributed by atoms with Gasteiger partial charge in [0.2, 0.25) is 0 Å². The average Bonchev–Trinajstić information content (AvgIpc) is 3.11. The summed E-state index contributed by atoms with van der Waals surface area (Å²) in [4.78, 5) is 26.4. The van der Waals surface area contributed by atoms with Crippen molar-refractivity contribution in [3.63, 3.8) is 0 Å². The van der Waals surface area contributed by atoms with Crippen LogP contribution in [0.3, 0.4) is 0 Å². The first-order valence-corrected chi connectivity index (χ1v) is 11.4. The van der Waals surface area contributed by atoms with Gasteiger partial charge in [0, 0.05) is 27.5 Å². The number of hydrogen-bond acceptors (Lipinski definition) is 3. The molecule has 1 amide bonds. The summed E-state index contributed by atoms with van der Waals surface area (Å²) in [6, 6.07) is 19.7. The number of fused-ring (bicyclic) bond motifs is 3. The van der Waals surface area contributed by atoms with Gasteiger partial charge in [0.05, 0.1) is 0 Å². The Hall–Kier alpha value is -2.83. The van der Waals surface area contributed by atoms with Gasteiger partial charge in [-0.05, 0) is 47.4 Å². The Morgan fingerprint density at radius 3 is 2.22 bits per heavy atom. The number of hydrogen-bond donors (Lipinski definition) is 1. The highest BCUT2D eigenvalue weighted by atomic mass is 79.9. The molecule has 0 saturated carbocycles. The fourth-order valence-electron chi connectivity index (χ4n) is 4.25. The van der Waals surface area contributed by atoms with Crippen LogP contribution in [-0.2, 0) is 9.53 Å². The zero-order valence-electron chi connectivity index (χ0n) is 17.3. The Morgan fingerprint density at radius 1 is 1.06 bits per heavy atom. The molecule has 0 aliphatic heterocycles. The summed E-state index contributed by atoms with van der Waals surface area (Å²) in [5.74, 6) is -1.27. The summed E-state index contributed by atoms with van der Waals surface area (Å²) in [6.45, 7) is 1.99. The van der Waals surface area contributed by atoms with E-state index in [1.807, 2.05) is 36.4 Å². The second-order valence-electron chi connectivity index (χ2n) is 7.50. The molecule has 0 aromatic heterocycles. The number of halogens is 2. The smallest absolute Gasteiger partial charge is 0.410 e. The molecule has 1 atom stereocenters. The van der Waals surface area contributed by atoms with E-state index in [1.165, 1.54) is 4.90 Å². The molecule has 32 heavy (non-hydrogen) atoms. The van der Waals surface area contributed by atoms with Gasteiger partial charge in [0.25, 0.3) is 0 Å². The maximum absolute atomic E-state index is 13.1. The molecule has 0 fully saturated rings. The Bertz CT molecular complexity index is 1140. The number of aliphatic carboxylic acids is 1. The number of nitrogens with zero attached hydrogens (tertiary/aromatic N) is 1. The van der Waals surface area contributed by atoms with Crippen molar-refractivity contribution in [2.24, 2.45) is 0 Å². The number of carbonyl (C=O) groups is 2. The summed E-state index contributed by atoms with van der Waals surface area (Å²) >= 11 is 9.46. The number of ether oxygens (including phenoxy) is 1.